The van der Waals surface area contributed by atoms with Crippen molar-refractivity contribution in [2.24, 2.45) is 11.8 Å². The maximum atomic E-state index is 12.3. The lowest BCUT2D eigenvalue weighted by molar-refractivity contribution is 0.217. The largest absolute Gasteiger partial charge is 0.315 e. The van der Waals surface area contributed by atoms with Crippen LogP contribution in [0, 0.1) is 11.8 Å². The number of nitrogens with zero attached hydrogens (tertiary/aromatic N) is 1. The van der Waals surface area contributed by atoms with Crippen molar-refractivity contribution < 1.29 is 8.42 Å². The second-order valence-electron chi connectivity index (χ2n) is 5.74. The van der Waals surface area contributed by atoms with E-state index in [0.29, 0.717) is 17.6 Å². The number of rotatable bonds is 4. The molecule has 2 aliphatic heterocycles. The smallest absolute Gasteiger partial charge is 0.214 e. The van der Waals surface area contributed by atoms with E-state index in [0.717, 1.165) is 32.5 Å². The first kappa shape index (κ1) is 13.3. The lowest BCUT2D eigenvalue weighted by Gasteiger charge is -2.36. The monoisotopic (exact) mass is 260 g/mol. The Hall–Kier alpha value is -0.130. The highest BCUT2D eigenvalue weighted by molar-refractivity contribution is 7.89. The molecule has 100 valence electrons. The third-order valence-electron chi connectivity index (χ3n) is 3.94. The van der Waals surface area contributed by atoms with Crippen LogP contribution in [0.4, 0.5) is 0 Å². The minimum absolute atomic E-state index is 0.223. The molecule has 0 aromatic heterocycles. The molecule has 2 aliphatic rings. The summed E-state index contributed by atoms with van der Waals surface area (Å²) in [5.41, 5.74) is 0. The standard InChI is InChI=1S/C12H24N2O2S/c1-10(2)5-7-17(15,16)14-6-3-4-11-8-13-9-12(11)14/h10-13H,3-9H2,1-2H3. The van der Waals surface area contributed by atoms with Gasteiger partial charge in [0.1, 0.15) is 0 Å². The molecule has 0 aromatic rings. The molecule has 0 bridgehead atoms. The molecule has 17 heavy (non-hydrogen) atoms. The number of hydrogen-bond donors (Lipinski definition) is 1. The molecule has 0 saturated carbocycles. The highest BCUT2D eigenvalue weighted by Crippen LogP contribution is 2.29. The quantitative estimate of drug-likeness (QED) is 0.822. The van der Waals surface area contributed by atoms with Gasteiger partial charge in [-0.1, -0.05) is 13.8 Å². The van der Waals surface area contributed by atoms with Crippen molar-refractivity contribution >= 4 is 10.0 Å². The molecule has 1 N–H and O–H groups in total. The zero-order valence-corrected chi connectivity index (χ0v) is 11.7. The zero-order valence-electron chi connectivity index (χ0n) is 10.9. The van der Waals surface area contributed by atoms with Gasteiger partial charge >= 0.3 is 0 Å². The van der Waals surface area contributed by atoms with E-state index in [2.05, 4.69) is 19.2 Å². The summed E-state index contributed by atoms with van der Waals surface area (Å²) in [6.07, 6.45) is 2.96. The van der Waals surface area contributed by atoms with Gasteiger partial charge in [-0.3, -0.25) is 0 Å². The summed E-state index contributed by atoms with van der Waals surface area (Å²) >= 11 is 0. The zero-order chi connectivity index (χ0) is 12.5. The van der Waals surface area contributed by atoms with Gasteiger partial charge in [0.2, 0.25) is 10.0 Å². The Bertz CT molecular complexity index is 354. The molecular formula is C12H24N2O2S. The molecule has 4 nitrogen and oxygen atoms in total. The van der Waals surface area contributed by atoms with Crippen LogP contribution < -0.4 is 5.32 Å². The highest BCUT2D eigenvalue weighted by Gasteiger charge is 2.40. The van der Waals surface area contributed by atoms with E-state index in [1.54, 1.807) is 4.31 Å². The van der Waals surface area contributed by atoms with Crippen LogP contribution in [-0.4, -0.2) is 44.2 Å². The van der Waals surface area contributed by atoms with Gasteiger partial charge in [-0.15, -0.1) is 0 Å². The Balaban J connectivity index is 2.04. The molecule has 0 radical (unpaired) electrons. The fourth-order valence-electron chi connectivity index (χ4n) is 2.87. The van der Waals surface area contributed by atoms with E-state index in [1.807, 2.05) is 0 Å². The summed E-state index contributed by atoms with van der Waals surface area (Å²) in [4.78, 5) is 0. The average molecular weight is 260 g/mol. The summed E-state index contributed by atoms with van der Waals surface area (Å²) in [5, 5.41) is 3.33. The summed E-state index contributed by atoms with van der Waals surface area (Å²) in [6, 6.07) is 0.223. The molecule has 0 spiro atoms. The molecule has 0 amide bonds. The number of fused-ring (bicyclic) bond motifs is 1. The van der Waals surface area contributed by atoms with Crippen molar-refractivity contribution in [3.63, 3.8) is 0 Å². The van der Waals surface area contributed by atoms with E-state index >= 15 is 0 Å². The number of piperidine rings is 1. The number of nitrogens with one attached hydrogen (secondary N) is 1. The Labute approximate surface area is 105 Å². The summed E-state index contributed by atoms with van der Waals surface area (Å²) in [6.45, 7) is 6.70. The van der Waals surface area contributed by atoms with Crippen LogP contribution in [0.5, 0.6) is 0 Å². The van der Waals surface area contributed by atoms with Crippen LogP contribution in [-0.2, 0) is 10.0 Å². The molecule has 0 aromatic carbocycles. The second-order valence-corrected chi connectivity index (χ2v) is 7.78. The van der Waals surface area contributed by atoms with E-state index in [9.17, 15) is 8.42 Å². The van der Waals surface area contributed by atoms with Crippen molar-refractivity contribution in [3.05, 3.63) is 0 Å². The summed E-state index contributed by atoms with van der Waals surface area (Å²) in [5.74, 6) is 1.30. The third-order valence-corrected chi connectivity index (χ3v) is 5.86. The van der Waals surface area contributed by atoms with Crippen LogP contribution in [0.3, 0.4) is 0 Å². The predicted molar refractivity (Wildman–Crippen MR) is 69.3 cm³/mol. The first-order valence-electron chi connectivity index (χ1n) is 6.71. The normalized spacial score (nSPS) is 30.8. The SMILES string of the molecule is CC(C)CCS(=O)(=O)N1CCCC2CNCC21. The van der Waals surface area contributed by atoms with Crippen molar-refractivity contribution in [3.8, 4) is 0 Å². The minimum atomic E-state index is -3.04. The Kier molecular flexibility index (Phi) is 4.10. The molecular weight excluding hydrogens is 236 g/mol. The molecule has 2 fully saturated rings. The van der Waals surface area contributed by atoms with Crippen molar-refractivity contribution in [1.82, 2.24) is 9.62 Å². The van der Waals surface area contributed by atoms with Crippen LogP contribution in [0.25, 0.3) is 0 Å². The van der Waals surface area contributed by atoms with E-state index in [-0.39, 0.29) is 6.04 Å². The third kappa shape index (κ3) is 3.01. The molecule has 2 atom stereocenters. The van der Waals surface area contributed by atoms with Crippen molar-refractivity contribution in [1.29, 1.82) is 0 Å². The molecule has 2 unspecified atom stereocenters. The van der Waals surface area contributed by atoms with Gasteiger partial charge in [0.05, 0.1) is 5.75 Å². The molecule has 0 aliphatic carbocycles. The number of hydrogen-bond acceptors (Lipinski definition) is 3. The summed E-state index contributed by atoms with van der Waals surface area (Å²) < 4.78 is 26.4. The highest BCUT2D eigenvalue weighted by atomic mass is 32.2. The fraction of sp³-hybridized carbons (Fsp3) is 1.00. The molecule has 2 rings (SSSR count). The minimum Gasteiger partial charge on any atom is -0.315 e. The lowest BCUT2D eigenvalue weighted by Crippen LogP contribution is -2.49. The van der Waals surface area contributed by atoms with Crippen molar-refractivity contribution in [2.75, 3.05) is 25.4 Å². The lowest BCUT2D eigenvalue weighted by atomic mass is 9.94. The van der Waals surface area contributed by atoms with E-state index in [4.69, 9.17) is 0 Å². The first-order valence-corrected chi connectivity index (χ1v) is 8.32. The fourth-order valence-corrected chi connectivity index (χ4v) is 4.94. The first-order chi connectivity index (χ1) is 8.00. The molecule has 2 heterocycles. The van der Waals surface area contributed by atoms with Gasteiger partial charge in [0, 0.05) is 19.1 Å². The van der Waals surface area contributed by atoms with Gasteiger partial charge in [-0.05, 0) is 37.6 Å². The Morgan fingerprint density at radius 3 is 2.82 bits per heavy atom. The van der Waals surface area contributed by atoms with Crippen LogP contribution >= 0.6 is 0 Å². The van der Waals surface area contributed by atoms with Crippen LogP contribution in [0.15, 0.2) is 0 Å². The molecule has 2 saturated heterocycles. The summed E-state index contributed by atoms with van der Waals surface area (Å²) in [7, 11) is -3.04. The van der Waals surface area contributed by atoms with Gasteiger partial charge in [0.15, 0.2) is 0 Å². The topological polar surface area (TPSA) is 49.4 Å². The maximum absolute atomic E-state index is 12.3. The van der Waals surface area contributed by atoms with Gasteiger partial charge in [0.25, 0.3) is 0 Å². The number of sulfonamides is 1. The van der Waals surface area contributed by atoms with E-state index < -0.39 is 10.0 Å². The van der Waals surface area contributed by atoms with Gasteiger partial charge < -0.3 is 5.32 Å². The van der Waals surface area contributed by atoms with Crippen molar-refractivity contribution in [2.45, 2.75) is 39.2 Å². The van der Waals surface area contributed by atoms with E-state index in [1.165, 1.54) is 6.42 Å². The second kappa shape index (κ2) is 5.24. The van der Waals surface area contributed by atoms with Gasteiger partial charge in [-0.2, -0.15) is 4.31 Å². The van der Waals surface area contributed by atoms with Gasteiger partial charge in [-0.25, -0.2) is 8.42 Å². The van der Waals surface area contributed by atoms with Crippen LogP contribution in [0.2, 0.25) is 0 Å². The van der Waals surface area contributed by atoms with Crippen LogP contribution in [0.1, 0.15) is 33.1 Å². The Morgan fingerprint density at radius 2 is 2.12 bits per heavy atom. The molecule has 5 heteroatoms. The predicted octanol–water partition coefficient (Wildman–Crippen LogP) is 1.05. The average Bonchev–Trinajstić information content (AvgIpc) is 2.74. The maximum Gasteiger partial charge on any atom is 0.214 e. The Morgan fingerprint density at radius 1 is 1.35 bits per heavy atom.